The van der Waals surface area contributed by atoms with Crippen molar-refractivity contribution in [3.63, 3.8) is 0 Å². The first kappa shape index (κ1) is 11.1. The van der Waals surface area contributed by atoms with Crippen LogP contribution in [0.15, 0.2) is 28.7 Å². The molecule has 0 spiro atoms. The van der Waals surface area contributed by atoms with Crippen LogP contribution in [0.5, 0.6) is 0 Å². The van der Waals surface area contributed by atoms with Gasteiger partial charge in [0.2, 0.25) is 0 Å². The van der Waals surface area contributed by atoms with Crippen molar-refractivity contribution in [3.8, 4) is 6.07 Å². The predicted molar refractivity (Wildman–Crippen MR) is 61.8 cm³/mol. The molecular formula is C11H9BrN2O2. The lowest BCUT2D eigenvalue weighted by Gasteiger charge is -2.31. The van der Waals surface area contributed by atoms with E-state index in [2.05, 4.69) is 22.0 Å². The Bertz CT molecular complexity index is 456. The van der Waals surface area contributed by atoms with Crippen molar-refractivity contribution in [2.24, 2.45) is 0 Å². The molecule has 0 aliphatic carbocycles. The Labute approximate surface area is 102 Å². The Balaban J connectivity index is 2.40. The van der Waals surface area contributed by atoms with Crippen LogP contribution in [0.25, 0.3) is 0 Å². The largest absolute Gasteiger partial charge is 0.368 e. The number of nitriles is 1. The Morgan fingerprint density at radius 2 is 2.25 bits per heavy atom. The maximum atomic E-state index is 11.7. The zero-order chi connectivity index (χ0) is 11.5. The first-order valence-electron chi connectivity index (χ1n) is 4.78. The van der Waals surface area contributed by atoms with Crippen molar-refractivity contribution < 1.29 is 9.53 Å². The van der Waals surface area contributed by atoms with Crippen LogP contribution in [0.3, 0.4) is 0 Å². The van der Waals surface area contributed by atoms with E-state index in [0.717, 1.165) is 4.47 Å². The summed E-state index contributed by atoms with van der Waals surface area (Å²) in [4.78, 5) is 13.2. The minimum Gasteiger partial charge on any atom is -0.368 e. The van der Waals surface area contributed by atoms with Gasteiger partial charge in [0.05, 0.1) is 18.4 Å². The average molecular weight is 281 g/mol. The normalized spacial score (nSPS) is 20.6. The number of amides is 1. The number of hydrogen-bond donors (Lipinski definition) is 0. The molecule has 1 heterocycles. The number of para-hydroxylation sites is 1. The summed E-state index contributed by atoms with van der Waals surface area (Å²) >= 11 is 3.37. The van der Waals surface area contributed by atoms with Crippen LogP contribution in [0.4, 0.5) is 5.69 Å². The number of hydrogen-bond acceptors (Lipinski definition) is 3. The van der Waals surface area contributed by atoms with Crippen molar-refractivity contribution in [1.29, 1.82) is 5.26 Å². The molecule has 1 unspecified atom stereocenters. The fourth-order valence-electron chi connectivity index (χ4n) is 1.62. The lowest BCUT2D eigenvalue weighted by molar-refractivity contribution is -0.126. The van der Waals surface area contributed by atoms with Gasteiger partial charge in [0.15, 0.2) is 0 Å². The third kappa shape index (κ3) is 1.94. The third-order valence-electron chi connectivity index (χ3n) is 2.34. The SMILES string of the molecule is N#CC1COCC(=O)N1c1ccccc1Br. The molecule has 5 heteroatoms. The number of benzene rings is 1. The zero-order valence-corrected chi connectivity index (χ0v) is 9.98. The van der Waals surface area contributed by atoms with E-state index < -0.39 is 6.04 Å². The average Bonchev–Trinajstić information content (AvgIpc) is 2.30. The molecule has 1 aromatic carbocycles. The summed E-state index contributed by atoms with van der Waals surface area (Å²) in [5.74, 6) is -0.190. The molecule has 0 aromatic heterocycles. The molecule has 1 amide bonds. The van der Waals surface area contributed by atoms with Gasteiger partial charge in [-0.1, -0.05) is 12.1 Å². The Morgan fingerprint density at radius 1 is 1.50 bits per heavy atom. The maximum Gasteiger partial charge on any atom is 0.254 e. The highest BCUT2D eigenvalue weighted by Gasteiger charge is 2.30. The van der Waals surface area contributed by atoms with Crippen LogP contribution in [0.1, 0.15) is 0 Å². The summed E-state index contributed by atoms with van der Waals surface area (Å²) in [5.41, 5.74) is 0.711. The van der Waals surface area contributed by atoms with Crippen molar-refractivity contribution in [1.82, 2.24) is 0 Å². The lowest BCUT2D eigenvalue weighted by atomic mass is 10.2. The summed E-state index contributed by atoms with van der Waals surface area (Å²) in [6.45, 7) is 0.281. The number of nitrogens with zero attached hydrogens (tertiary/aromatic N) is 2. The highest BCUT2D eigenvalue weighted by atomic mass is 79.9. The van der Waals surface area contributed by atoms with Gasteiger partial charge in [-0.25, -0.2) is 0 Å². The van der Waals surface area contributed by atoms with Crippen LogP contribution in [0, 0.1) is 11.3 Å². The second-order valence-corrected chi connectivity index (χ2v) is 4.23. The second-order valence-electron chi connectivity index (χ2n) is 3.38. The fraction of sp³-hybridized carbons (Fsp3) is 0.273. The Kier molecular flexibility index (Phi) is 3.22. The summed E-state index contributed by atoms with van der Waals surface area (Å²) < 4.78 is 5.84. The fourth-order valence-corrected chi connectivity index (χ4v) is 2.10. The molecule has 1 aliphatic rings. The molecule has 2 rings (SSSR count). The highest BCUT2D eigenvalue weighted by molar-refractivity contribution is 9.10. The first-order valence-corrected chi connectivity index (χ1v) is 5.57. The predicted octanol–water partition coefficient (Wildman–Crippen LogP) is 1.70. The number of anilines is 1. The smallest absolute Gasteiger partial charge is 0.254 e. The van der Waals surface area contributed by atoms with Crippen molar-refractivity contribution in [2.45, 2.75) is 6.04 Å². The van der Waals surface area contributed by atoms with Crippen LogP contribution in [0.2, 0.25) is 0 Å². The molecule has 0 N–H and O–H groups in total. The van der Waals surface area contributed by atoms with Crippen LogP contribution >= 0.6 is 15.9 Å². The summed E-state index contributed by atoms with van der Waals surface area (Å²) in [7, 11) is 0. The number of carbonyl (C=O) groups is 1. The quantitative estimate of drug-likeness (QED) is 0.787. The molecule has 16 heavy (non-hydrogen) atoms. The van der Waals surface area contributed by atoms with Crippen molar-refractivity contribution in [3.05, 3.63) is 28.7 Å². The third-order valence-corrected chi connectivity index (χ3v) is 3.01. The lowest BCUT2D eigenvalue weighted by Crippen LogP contribution is -2.49. The number of morpholine rings is 1. The number of rotatable bonds is 1. The van der Waals surface area contributed by atoms with E-state index in [4.69, 9.17) is 10.00 Å². The van der Waals surface area contributed by atoms with Crippen LogP contribution in [-0.4, -0.2) is 25.2 Å². The molecule has 1 aliphatic heterocycles. The molecule has 1 fully saturated rings. The molecule has 0 radical (unpaired) electrons. The number of carbonyl (C=O) groups excluding carboxylic acids is 1. The summed E-state index contributed by atoms with van der Waals surface area (Å²) in [5, 5.41) is 8.99. The van der Waals surface area contributed by atoms with Crippen LogP contribution < -0.4 is 4.90 Å². The summed E-state index contributed by atoms with van der Waals surface area (Å²) in [6.07, 6.45) is 0. The van der Waals surface area contributed by atoms with Gasteiger partial charge in [0.1, 0.15) is 12.6 Å². The molecule has 0 saturated carbocycles. The van der Waals surface area contributed by atoms with Gasteiger partial charge < -0.3 is 4.74 Å². The molecule has 1 saturated heterocycles. The van der Waals surface area contributed by atoms with Gasteiger partial charge in [-0.2, -0.15) is 5.26 Å². The second kappa shape index (κ2) is 4.64. The minimum absolute atomic E-state index is 0.0273. The monoisotopic (exact) mass is 280 g/mol. The maximum absolute atomic E-state index is 11.7. The highest BCUT2D eigenvalue weighted by Crippen LogP contribution is 2.28. The van der Waals surface area contributed by atoms with E-state index in [9.17, 15) is 4.79 Å². The molecule has 1 atom stereocenters. The van der Waals surface area contributed by atoms with Gasteiger partial charge in [-0.15, -0.1) is 0 Å². The first-order chi connectivity index (χ1) is 7.74. The van der Waals surface area contributed by atoms with E-state index in [1.165, 1.54) is 4.90 Å². The summed E-state index contributed by atoms with van der Waals surface area (Å²) in [6, 6.07) is 8.85. The molecule has 82 valence electrons. The van der Waals surface area contributed by atoms with Gasteiger partial charge in [0.25, 0.3) is 5.91 Å². The van der Waals surface area contributed by atoms with Gasteiger partial charge in [-0.05, 0) is 28.1 Å². The van der Waals surface area contributed by atoms with Crippen LogP contribution in [-0.2, 0) is 9.53 Å². The minimum atomic E-state index is -0.556. The standard InChI is InChI=1S/C11H9BrN2O2/c12-9-3-1-2-4-10(9)14-8(5-13)6-16-7-11(14)15/h1-4,8H,6-7H2. The van der Waals surface area contributed by atoms with Crippen molar-refractivity contribution in [2.75, 3.05) is 18.1 Å². The van der Waals surface area contributed by atoms with Crippen molar-refractivity contribution >= 4 is 27.5 Å². The van der Waals surface area contributed by atoms with E-state index in [1.54, 1.807) is 6.07 Å². The Hall–Kier alpha value is -1.38. The van der Waals surface area contributed by atoms with E-state index in [1.807, 2.05) is 18.2 Å². The number of ether oxygens (including phenoxy) is 1. The number of halogens is 1. The zero-order valence-electron chi connectivity index (χ0n) is 8.39. The Morgan fingerprint density at radius 3 is 2.94 bits per heavy atom. The van der Waals surface area contributed by atoms with Gasteiger partial charge >= 0.3 is 0 Å². The molecular weight excluding hydrogens is 272 g/mol. The molecule has 0 bridgehead atoms. The topological polar surface area (TPSA) is 53.3 Å². The molecule has 4 nitrogen and oxygen atoms in total. The van der Waals surface area contributed by atoms with E-state index in [0.29, 0.717) is 5.69 Å². The van der Waals surface area contributed by atoms with Gasteiger partial charge in [0, 0.05) is 4.47 Å². The van der Waals surface area contributed by atoms with E-state index >= 15 is 0 Å². The van der Waals surface area contributed by atoms with Gasteiger partial charge in [-0.3, -0.25) is 9.69 Å². The molecule has 1 aromatic rings. The van der Waals surface area contributed by atoms with E-state index in [-0.39, 0.29) is 19.1 Å².